The maximum absolute atomic E-state index is 12.9. The molecule has 0 saturated heterocycles. The highest BCUT2D eigenvalue weighted by Crippen LogP contribution is 2.26. The zero-order valence-electron chi connectivity index (χ0n) is 9.61. The Kier molecular flexibility index (Phi) is 4.72. The van der Waals surface area contributed by atoms with Gasteiger partial charge in [-0.15, -0.1) is 0 Å². The Morgan fingerprint density at radius 3 is 2.56 bits per heavy atom. The molecule has 2 aromatic rings. The van der Waals surface area contributed by atoms with Crippen molar-refractivity contribution in [2.24, 2.45) is 0 Å². The van der Waals surface area contributed by atoms with Crippen LogP contribution >= 0.6 is 27.5 Å². The van der Waals surface area contributed by atoms with E-state index in [0.717, 1.165) is 22.9 Å². The van der Waals surface area contributed by atoms with Crippen molar-refractivity contribution >= 4 is 27.5 Å². The van der Waals surface area contributed by atoms with E-state index in [9.17, 15) is 4.39 Å². The Morgan fingerprint density at radius 1 is 1.22 bits per heavy atom. The fourth-order valence-corrected chi connectivity index (χ4v) is 2.63. The Labute approximate surface area is 119 Å². The molecule has 0 aliphatic heterocycles. The molecule has 0 amide bonds. The summed E-state index contributed by atoms with van der Waals surface area (Å²) in [6.45, 7) is 0. The Bertz CT molecular complexity index is 515. The highest BCUT2D eigenvalue weighted by atomic mass is 79.9. The van der Waals surface area contributed by atoms with Crippen molar-refractivity contribution in [3.63, 3.8) is 0 Å². The molecule has 1 nitrogen and oxygen atoms in total. The van der Waals surface area contributed by atoms with Gasteiger partial charge in [-0.3, -0.25) is 4.98 Å². The molecular formula is C14H12BrClFN. The fraction of sp³-hybridized carbons (Fsp3) is 0.214. The molecule has 1 unspecified atom stereocenters. The van der Waals surface area contributed by atoms with E-state index in [0.29, 0.717) is 5.02 Å². The van der Waals surface area contributed by atoms with Crippen molar-refractivity contribution in [2.45, 2.75) is 12.3 Å². The first-order valence-corrected chi connectivity index (χ1v) is 7.10. The molecule has 0 N–H and O–H groups in total. The smallest absolute Gasteiger partial charge is 0.123 e. The van der Waals surface area contributed by atoms with Gasteiger partial charge in [-0.2, -0.15) is 0 Å². The monoisotopic (exact) mass is 327 g/mol. The first kappa shape index (κ1) is 13.5. The van der Waals surface area contributed by atoms with Gasteiger partial charge in [-0.05, 0) is 41.7 Å². The third-order valence-corrected chi connectivity index (χ3v) is 3.97. The molecule has 94 valence electrons. The first-order chi connectivity index (χ1) is 8.70. The number of halogens is 3. The van der Waals surface area contributed by atoms with Crippen LogP contribution in [0.3, 0.4) is 0 Å². The number of alkyl halides is 1. The van der Waals surface area contributed by atoms with Crippen molar-refractivity contribution in [3.05, 3.63) is 64.7 Å². The van der Waals surface area contributed by atoms with Gasteiger partial charge in [-0.25, -0.2) is 4.39 Å². The van der Waals surface area contributed by atoms with E-state index < -0.39 is 0 Å². The summed E-state index contributed by atoms with van der Waals surface area (Å²) in [5.74, 6) is 0.0551. The highest BCUT2D eigenvalue weighted by Gasteiger charge is 2.13. The summed E-state index contributed by atoms with van der Waals surface area (Å²) < 4.78 is 12.9. The highest BCUT2D eigenvalue weighted by molar-refractivity contribution is 9.09. The van der Waals surface area contributed by atoms with Gasteiger partial charge in [0.25, 0.3) is 0 Å². The van der Waals surface area contributed by atoms with Gasteiger partial charge in [0.05, 0.1) is 5.02 Å². The van der Waals surface area contributed by atoms with E-state index in [1.54, 1.807) is 12.4 Å². The van der Waals surface area contributed by atoms with Crippen LogP contribution in [0.25, 0.3) is 0 Å². The van der Waals surface area contributed by atoms with Crippen molar-refractivity contribution in [3.8, 4) is 0 Å². The van der Waals surface area contributed by atoms with Crippen LogP contribution in [0.2, 0.25) is 5.02 Å². The standard InChI is InChI=1S/C14H12BrClFN/c15-8-12(10-1-3-13(17)4-2-10)7-11-5-6-18-9-14(11)16/h1-6,9,12H,7-8H2. The summed E-state index contributed by atoms with van der Waals surface area (Å²) in [7, 11) is 0. The van der Waals surface area contributed by atoms with Crippen LogP contribution in [-0.2, 0) is 6.42 Å². The van der Waals surface area contributed by atoms with Crippen LogP contribution in [0.5, 0.6) is 0 Å². The Balaban J connectivity index is 2.20. The fourth-order valence-electron chi connectivity index (χ4n) is 1.83. The van der Waals surface area contributed by atoms with Crippen molar-refractivity contribution < 1.29 is 4.39 Å². The van der Waals surface area contributed by atoms with Gasteiger partial charge in [0.15, 0.2) is 0 Å². The molecule has 0 radical (unpaired) electrons. The molecule has 4 heteroatoms. The summed E-state index contributed by atoms with van der Waals surface area (Å²) in [6.07, 6.45) is 4.18. The summed E-state index contributed by atoms with van der Waals surface area (Å²) >= 11 is 9.60. The van der Waals surface area contributed by atoms with Gasteiger partial charge in [-0.1, -0.05) is 39.7 Å². The number of pyridine rings is 1. The zero-order chi connectivity index (χ0) is 13.0. The van der Waals surface area contributed by atoms with Crippen molar-refractivity contribution in [2.75, 3.05) is 5.33 Å². The number of aromatic nitrogens is 1. The Morgan fingerprint density at radius 2 is 1.94 bits per heavy atom. The molecule has 1 atom stereocenters. The van der Waals surface area contributed by atoms with Gasteiger partial charge in [0.1, 0.15) is 5.82 Å². The molecule has 1 heterocycles. The molecule has 0 aliphatic rings. The molecule has 0 saturated carbocycles. The third-order valence-electron chi connectivity index (χ3n) is 2.85. The van der Waals surface area contributed by atoms with E-state index in [1.165, 1.54) is 12.1 Å². The second kappa shape index (κ2) is 6.30. The molecule has 0 aliphatic carbocycles. The lowest BCUT2D eigenvalue weighted by Gasteiger charge is -2.15. The molecule has 1 aromatic carbocycles. The number of rotatable bonds is 4. The second-order valence-corrected chi connectivity index (χ2v) is 5.13. The van der Waals surface area contributed by atoms with Crippen molar-refractivity contribution in [1.82, 2.24) is 4.98 Å². The quantitative estimate of drug-likeness (QED) is 0.748. The summed E-state index contributed by atoms with van der Waals surface area (Å²) in [6, 6.07) is 8.52. The minimum absolute atomic E-state index is 0.214. The largest absolute Gasteiger partial charge is 0.263 e. The minimum Gasteiger partial charge on any atom is -0.263 e. The van der Waals surface area contributed by atoms with Crippen LogP contribution in [-0.4, -0.2) is 10.3 Å². The van der Waals surface area contributed by atoms with Gasteiger partial charge in [0.2, 0.25) is 0 Å². The Hall–Kier alpha value is -0.930. The predicted molar refractivity (Wildman–Crippen MR) is 75.9 cm³/mol. The molecule has 18 heavy (non-hydrogen) atoms. The average molecular weight is 329 g/mol. The van der Waals surface area contributed by atoms with Crippen molar-refractivity contribution in [1.29, 1.82) is 0 Å². The second-order valence-electron chi connectivity index (χ2n) is 4.07. The van der Waals surface area contributed by atoms with Gasteiger partial charge >= 0.3 is 0 Å². The van der Waals surface area contributed by atoms with Crippen LogP contribution in [0, 0.1) is 5.82 Å². The third kappa shape index (κ3) is 3.30. The lowest BCUT2D eigenvalue weighted by molar-refractivity contribution is 0.625. The topological polar surface area (TPSA) is 12.9 Å². The van der Waals surface area contributed by atoms with Crippen LogP contribution < -0.4 is 0 Å². The predicted octanol–water partition coefficient (Wildman–Crippen LogP) is 4.60. The molecule has 1 aromatic heterocycles. The van der Waals surface area contributed by atoms with Crippen LogP contribution in [0.1, 0.15) is 17.0 Å². The lowest BCUT2D eigenvalue weighted by atomic mass is 9.94. The summed E-state index contributed by atoms with van der Waals surface area (Å²) in [4.78, 5) is 3.97. The molecule has 0 spiro atoms. The van der Waals surface area contributed by atoms with E-state index in [1.807, 2.05) is 18.2 Å². The number of hydrogen-bond acceptors (Lipinski definition) is 1. The van der Waals surface area contributed by atoms with Crippen LogP contribution in [0.4, 0.5) is 4.39 Å². The van der Waals surface area contributed by atoms with E-state index >= 15 is 0 Å². The normalized spacial score (nSPS) is 12.4. The van der Waals surface area contributed by atoms with E-state index in [4.69, 9.17) is 11.6 Å². The maximum Gasteiger partial charge on any atom is 0.123 e. The number of hydrogen-bond donors (Lipinski definition) is 0. The van der Waals surface area contributed by atoms with E-state index in [-0.39, 0.29) is 11.7 Å². The van der Waals surface area contributed by atoms with E-state index in [2.05, 4.69) is 20.9 Å². The maximum atomic E-state index is 12.9. The van der Waals surface area contributed by atoms with Gasteiger partial charge < -0.3 is 0 Å². The minimum atomic E-state index is -0.214. The summed E-state index contributed by atoms with van der Waals surface area (Å²) in [5, 5.41) is 1.47. The number of nitrogens with zero attached hydrogens (tertiary/aromatic N) is 1. The zero-order valence-corrected chi connectivity index (χ0v) is 12.0. The first-order valence-electron chi connectivity index (χ1n) is 5.60. The SMILES string of the molecule is Fc1ccc(C(CBr)Cc2ccncc2Cl)cc1. The molecular weight excluding hydrogens is 317 g/mol. The molecule has 0 fully saturated rings. The van der Waals surface area contributed by atoms with Gasteiger partial charge in [0, 0.05) is 17.7 Å². The van der Waals surface area contributed by atoms with Crippen LogP contribution in [0.15, 0.2) is 42.7 Å². The summed E-state index contributed by atoms with van der Waals surface area (Å²) in [5.41, 5.74) is 2.15. The number of benzene rings is 1. The molecule has 2 rings (SSSR count). The lowest BCUT2D eigenvalue weighted by Crippen LogP contribution is -2.05. The molecule has 0 bridgehead atoms. The average Bonchev–Trinajstić information content (AvgIpc) is 2.39.